The van der Waals surface area contributed by atoms with Crippen molar-refractivity contribution < 1.29 is 14.7 Å². The molecule has 0 bridgehead atoms. The third-order valence-electron chi connectivity index (χ3n) is 6.96. The third kappa shape index (κ3) is 3.75. The molecule has 1 aromatic carbocycles. The average molecular weight is 412 g/mol. The number of piperazine rings is 1. The van der Waals surface area contributed by atoms with E-state index in [-0.39, 0.29) is 22.9 Å². The number of amidine groups is 1. The Hall–Kier alpha value is -2.63. The molecular weight excluding hydrogens is 378 g/mol. The highest BCUT2D eigenvalue weighted by atomic mass is 16.3. The maximum Gasteiger partial charge on any atom is 0.274 e. The molecule has 0 spiro atoms. The number of rotatable bonds is 5. The fourth-order valence-electron chi connectivity index (χ4n) is 5.17. The van der Waals surface area contributed by atoms with Gasteiger partial charge in [-0.2, -0.15) is 0 Å². The zero-order chi connectivity index (χ0) is 21.9. The normalized spacial score (nSPS) is 22.3. The highest BCUT2D eigenvalue weighted by Gasteiger charge is 2.45. The number of aliphatic hydroxyl groups excluding tert-OH is 1. The van der Waals surface area contributed by atoms with E-state index in [0.29, 0.717) is 19.4 Å². The Labute approximate surface area is 179 Å². The monoisotopic (exact) mass is 411 g/mol. The molecule has 0 radical (unpaired) electrons. The average Bonchev–Trinajstić information content (AvgIpc) is 3.27. The van der Waals surface area contributed by atoms with Crippen LogP contribution in [0.1, 0.15) is 50.7 Å². The van der Waals surface area contributed by atoms with Crippen LogP contribution in [0.25, 0.3) is 0 Å². The second kappa shape index (κ2) is 9.02. The molecule has 1 atom stereocenters. The van der Waals surface area contributed by atoms with Crippen LogP contribution in [0.4, 0.5) is 0 Å². The van der Waals surface area contributed by atoms with Crippen molar-refractivity contribution in [3.05, 3.63) is 46.8 Å². The SMILES string of the molecule is CCc1cccc(C2(C(C)C(=NC)N3CCN(C)C(=O)/C3=C(\O)C=O)CCCC2)c1. The van der Waals surface area contributed by atoms with E-state index in [0.717, 1.165) is 37.9 Å². The van der Waals surface area contributed by atoms with E-state index < -0.39 is 5.76 Å². The summed E-state index contributed by atoms with van der Waals surface area (Å²) in [6.07, 6.45) is 5.75. The summed E-state index contributed by atoms with van der Waals surface area (Å²) in [5, 5.41) is 10.2. The first-order valence-electron chi connectivity index (χ1n) is 10.9. The van der Waals surface area contributed by atoms with Gasteiger partial charge >= 0.3 is 0 Å². The van der Waals surface area contributed by atoms with E-state index in [1.54, 1.807) is 19.0 Å². The van der Waals surface area contributed by atoms with Crippen LogP contribution in [-0.4, -0.2) is 60.1 Å². The molecule has 1 saturated heterocycles. The molecule has 3 rings (SSSR count). The van der Waals surface area contributed by atoms with Gasteiger partial charge in [0.1, 0.15) is 5.84 Å². The zero-order valence-corrected chi connectivity index (χ0v) is 18.5. The predicted octanol–water partition coefficient (Wildman–Crippen LogP) is 3.47. The Balaban J connectivity index is 2.06. The van der Waals surface area contributed by atoms with Gasteiger partial charge in [0, 0.05) is 38.5 Å². The molecule has 2 aliphatic rings. The van der Waals surface area contributed by atoms with Gasteiger partial charge in [-0.25, -0.2) is 0 Å². The summed E-state index contributed by atoms with van der Waals surface area (Å²) in [5.74, 6) is -0.104. The Morgan fingerprint density at radius 2 is 2.00 bits per heavy atom. The molecule has 6 nitrogen and oxygen atoms in total. The van der Waals surface area contributed by atoms with Crippen LogP contribution in [0.15, 0.2) is 40.7 Å². The first kappa shape index (κ1) is 22.1. The molecule has 1 heterocycles. The van der Waals surface area contributed by atoms with Crippen molar-refractivity contribution in [2.45, 2.75) is 51.4 Å². The number of nitrogens with zero attached hydrogens (tertiary/aromatic N) is 3. The zero-order valence-electron chi connectivity index (χ0n) is 18.5. The lowest BCUT2D eigenvalue weighted by Crippen LogP contribution is -2.53. The molecule has 0 aromatic heterocycles. The number of benzene rings is 1. The van der Waals surface area contributed by atoms with Gasteiger partial charge in [-0.3, -0.25) is 14.6 Å². The number of hydrogen-bond acceptors (Lipinski definition) is 4. The Morgan fingerprint density at radius 1 is 1.30 bits per heavy atom. The highest BCUT2D eigenvalue weighted by molar-refractivity contribution is 6.03. The lowest BCUT2D eigenvalue weighted by Gasteiger charge is -2.43. The van der Waals surface area contributed by atoms with E-state index in [9.17, 15) is 14.7 Å². The van der Waals surface area contributed by atoms with Crippen LogP contribution in [0, 0.1) is 5.92 Å². The summed E-state index contributed by atoms with van der Waals surface area (Å²) in [5.41, 5.74) is 2.59. The number of carbonyl (C=O) groups is 2. The van der Waals surface area contributed by atoms with E-state index in [2.05, 4.69) is 43.1 Å². The maximum absolute atomic E-state index is 12.8. The quantitative estimate of drug-likeness (QED) is 0.265. The van der Waals surface area contributed by atoms with Crippen molar-refractivity contribution in [2.75, 3.05) is 27.2 Å². The lowest BCUT2D eigenvalue weighted by molar-refractivity contribution is -0.129. The molecule has 2 fully saturated rings. The van der Waals surface area contributed by atoms with Crippen molar-refractivity contribution in [3.63, 3.8) is 0 Å². The van der Waals surface area contributed by atoms with Gasteiger partial charge in [0.05, 0.1) is 0 Å². The standard InChI is InChI=1S/C24H33N3O3/c1-5-18-9-8-10-19(15-18)24(11-6-7-12-24)17(2)22(25-3)27-14-13-26(4)23(30)21(27)20(29)16-28/h8-10,15-17,29H,5-7,11-14H2,1-4H3/b21-20+,25-22?. The fraction of sp³-hybridized carbons (Fsp3) is 0.542. The number of carbonyl (C=O) groups excluding carboxylic acids is 2. The molecule has 1 aliphatic heterocycles. The van der Waals surface area contributed by atoms with Gasteiger partial charge in [0.15, 0.2) is 17.7 Å². The number of likely N-dealkylation sites (N-methyl/N-ethyl adjacent to an activating group) is 1. The second-order valence-electron chi connectivity index (χ2n) is 8.45. The molecule has 30 heavy (non-hydrogen) atoms. The molecule has 1 N–H and O–H groups in total. The predicted molar refractivity (Wildman–Crippen MR) is 119 cm³/mol. The molecule has 1 amide bonds. The van der Waals surface area contributed by atoms with Crippen LogP contribution in [0.3, 0.4) is 0 Å². The number of aldehydes is 1. The summed E-state index contributed by atoms with van der Waals surface area (Å²) in [6, 6.07) is 8.81. The van der Waals surface area contributed by atoms with Crippen molar-refractivity contribution in [3.8, 4) is 0 Å². The second-order valence-corrected chi connectivity index (χ2v) is 8.45. The third-order valence-corrected chi connectivity index (χ3v) is 6.96. The van der Waals surface area contributed by atoms with Gasteiger partial charge in [0.25, 0.3) is 5.91 Å². The van der Waals surface area contributed by atoms with E-state index >= 15 is 0 Å². The minimum Gasteiger partial charge on any atom is -0.503 e. The van der Waals surface area contributed by atoms with Gasteiger partial charge < -0.3 is 14.9 Å². The number of hydrogen-bond donors (Lipinski definition) is 1. The summed E-state index contributed by atoms with van der Waals surface area (Å²) in [7, 11) is 3.41. The van der Waals surface area contributed by atoms with E-state index in [4.69, 9.17) is 0 Å². The van der Waals surface area contributed by atoms with Crippen molar-refractivity contribution in [2.24, 2.45) is 10.9 Å². The largest absolute Gasteiger partial charge is 0.503 e. The molecule has 1 aromatic rings. The summed E-state index contributed by atoms with van der Waals surface area (Å²) in [6.45, 7) is 5.35. The molecule has 1 unspecified atom stereocenters. The molecule has 1 aliphatic carbocycles. The Kier molecular flexibility index (Phi) is 6.64. The minimum absolute atomic E-state index is 0.0293. The van der Waals surface area contributed by atoms with Gasteiger partial charge in [0.2, 0.25) is 0 Å². The Morgan fingerprint density at radius 3 is 2.60 bits per heavy atom. The maximum atomic E-state index is 12.8. The van der Waals surface area contributed by atoms with Crippen molar-refractivity contribution >= 4 is 18.0 Å². The van der Waals surface area contributed by atoms with Crippen LogP contribution >= 0.6 is 0 Å². The van der Waals surface area contributed by atoms with Gasteiger partial charge in [-0.15, -0.1) is 0 Å². The first-order valence-corrected chi connectivity index (χ1v) is 10.9. The summed E-state index contributed by atoms with van der Waals surface area (Å²) >= 11 is 0. The molecule has 6 heteroatoms. The number of allylic oxidation sites excluding steroid dienone is 1. The van der Waals surface area contributed by atoms with Gasteiger partial charge in [-0.05, 0) is 30.4 Å². The van der Waals surface area contributed by atoms with Gasteiger partial charge in [-0.1, -0.05) is 51.0 Å². The topological polar surface area (TPSA) is 73.2 Å². The summed E-state index contributed by atoms with van der Waals surface area (Å²) < 4.78 is 0. The fourth-order valence-corrected chi connectivity index (χ4v) is 5.17. The van der Waals surface area contributed by atoms with Crippen LogP contribution < -0.4 is 0 Å². The number of amides is 1. The van der Waals surface area contributed by atoms with Crippen molar-refractivity contribution in [1.82, 2.24) is 9.80 Å². The van der Waals surface area contributed by atoms with Crippen LogP contribution in [-0.2, 0) is 21.4 Å². The minimum atomic E-state index is -0.534. The van der Waals surface area contributed by atoms with E-state index in [1.165, 1.54) is 16.0 Å². The van der Waals surface area contributed by atoms with E-state index in [1.807, 2.05) is 0 Å². The Bertz CT molecular complexity index is 868. The molecule has 162 valence electrons. The number of aliphatic hydroxyl groups is 1. The smallest absolute Gasteiger partial charge is 0.274 e. The molecule has 1 saturated carbocycles. The van der Waals surface area contributed by atoms with Crippen LogP contribution in [0.5, 0.6) is 0 Å². The van der Waals surface area contributed by atoms with Crippen molar-refractivity contribution in [1.29, 1.82) is 0 Å². The van der Waals surface area contributed by atoms with Crippen LogP contribution in [0.2, 0.25) is 0 Å². The number of aliphatic imine (C=N–C) groups is 1. The lowest BCUT2D eigenvalue weighted by atomic mass is 9.68. The highest BCUT2D eigenvalue weighted by Crippen LogP contribution is 2.48. The first-order chi connectivity index (χ1) is 14.4. The summed E-state index contributed by atoms with van der Waals surface area (Å²) in [4.78, 5) is 32.0. The number of aryl methyl sites for hydroxylation is 1. The molecular formula is C24H33N3O3.